The van der Waals surface area contributed by atoms with Crippen LogP contribution in [0.1, 0.15) is 25.5 Å². The van der Waals surface area contributed by atoms with E-state index in [0.717, 1.165) is 12.1 Å². The maximum atomic E-state index is 10.5. The molecule has 1 aliphatic heterocycles. The third-order valence-electron chi connectivity index (χ3n) is 5.16. The lowest BCUT2D eigenvalue weighted by atomic mass is 9.99. The molecule has 2 N–H and O–H groups in total. The van der Waals surface area contributed by atoms with E-state index in [-0.39, 0.29) is 12.1 Å². The van der Waals surface area contributed by atoms with Crippen molar-refractivity contribution in [3.63, 3.8) is 0 Å². The molecule has 0 aliphatic carbocycles. The maximum absolute atomic E-state index is 10.5. The Hall–Kier alpha value is -1.30. The molecule has 2 rings (SSSR count). The average Bonchev–Trinajstić information content (AvgIpc) is 2.68. The largest absolute Gasteiger partial charge is 0.493 e. The van der Waals surface area contributed by atoms with Crippen molar-refractivity contribution in [1.29, 1.82) is 0 Å². The van der Waals surface area contributed by atoms with Crippen molar-refractivity contribution >= 4 is 0 Å². The van der Waals surface area contributed by atoms with Crippen molar-refractivity contribution in [2.75, 3.05) is 27.8 Å². The Morgan fingerprint density at radius 2 is 1.71 bits per heavy atom. The van der Waals surface area contributed by atoms with E-state index in [2.05, 4.69) is 14.0 Å². The van der Waals surface area contributed by atoms with Crippen LogP contribution >= 0.6 is 0 Å². The van der Waals surface area contributed by atoms with E-state index in [4.69, 9.17) is 9.47 Å². The molecule has 1 saturated heterocycles. The Labute approximate surface area is 126 Å². The van der Waals surface area contributed by atoms with Gasteiger partial charge in [-0.25, -0.2) is 0 Å². The number of hydrogen-bond acceptors (Lipinski definition) is 4. The molecule has 0 radical (unpaired) electrons. The van der Waals surface area contributed by atoms with Gasteiger partial charge in [-0.05, 0) is 32.0 Å². The second-order valence-corrected chi connectivity index (χ2v) is 5.94. The molecule has 1 aromatic rings. The molecule has 5 heteroatoms. The van der Waals surface area contributed by atoms with Crippen LogP contribution in [0.3, 0.4) is 0 Å². The number of methoxy groups -OCH3 is 2. The van der Waals surface area contributed by atoms with Crippen molar-refractivity contribution in [3.05, 3.63) is 23.8 Å². The Morgan fingerprint density at radius 3 is 2.24 bits per heavy atom. The lowest BCUT2D eigenvalue weighted by molar-refractivity contribution is -0.948. The number of likely N-dealkylation sites (N-methyl/N-ethyl adjacent to an activating group) is 1. The van der Waals surface area contributed by atoms with Crippen LogP contribution < -0.4 is 9.47 Å². The summed E-state index contributed by atoms with van der Waals surface area (Å²) in [5, 5.41) is 20.8. The summed E-state index contributed by atoms with van der Waals surface area (Å²) in [5.41, 5.74) is 0.952. The van der Waals surface area contributed by atoms with Crippen LogP contribution in [0.15, 0.2) is 18.2 Å². The summed E-state index contributed by atoms with van der Waals surface area (Å²) in [7, 11) is 5.27. The van der Waals surface area contributed by atoms with Crippen molar-refractivity contribution in [3.8, 4) is 11.5 Å². The maximum Gasteiger partial charge on any atom is 0.161 e. The molecular weight excluding hydrogens is 270 g/mol. The topological polar surface area (TPSA) is 58.9 Å². The predicted molar refractivity (Wildman–Crippen MR) is 80.5 cm³/mol. The number of quaternary nitrogens is 1. The smallest absolute Gasteiger partial charge is 0.161 e. The van der Waals surface area contributed by atoms with Gasteiger partial charge in [-0.2, -0.15) is 0 Å². The second-order valence-electron chi connectivity index (χ2n) is 5.94. The molecule has 0 bridgehead atoms. The van der Waals surface area contributed by atoms with E-state index < -0.39 is 12.2 Å². The van der Waals surface area contributed by atoms with E-state index in [0.29, 0.717) is 16.0 Å². The number of aliphatic hydroxyl groups excluding tert-OH is 2. The first-order valence-corrected chi connectivity index (χ1v) is 7.33. The van der Waals surface area contributed by atoms with E-state index in [1.807, 2.05) is 25.1 Å². The highest BCUT2D eigenvalue weighted by molar-refractivity contribution is 5.44. The average molecular weight is 296 g/mol. The highest BCUT2D eigenvalue weighted by atomic mass is 16.5. The fourth-order valence-electron chi connectivity index (χ4n) is 3.48. The summed E-state index contributed by atoms with van der Waals surface area (Å²) in [6.45, 7) is 4.89. The van der Waals surface area contributed by atoms with Gasteiger partial charge in [0, 0.05) is 5.56 Å². The zero-order valence-corrected chi connectivity index (χ0v) is 13.4. The van der Waals surface area contributed by atoms with E-state index in [1.54, 1.807) is 14.2 Å². The molecule has 5 atom stereocenters. The van der Waals surface area contributed by atoms with Gasteiger partial charge >= 0.3 is 0 Å². The number of hydrogen-bond donors (Lipinski definition) is 2. The summed E-state index contributed by atoms with van der Waals surface area (Å²) in [5.74, 6) is 1.30. The monoisotopic (exact) mass is 296 g/mol. The predicted octanol–water partition coefficient (Wildman–Crippen LogP) is 1.34. The van der Waals surface area contributed by atoms with Crippen LogP contribution in [-0.2, 0) is 0 Å². The number of ether oxygens (including phenoxy) is 2. The van der Waals surface area contributed by atoms with Gasteiger partial charge in [0.25, 0.3) is 0 Å². The summed E-state index contributed by atoms with van der Waals surface area (Å²) in [6, 6.07) is 5.47. The van der Waals surface area contributed by atoms with Crippen LogP contribution in [0.5, 0.6) is 11.5 Å². The van der Waals surface area contributed by atoms with E-state index >= 15 is 0 Å². The lowest BCUT2D eigenvalue weighted by Gasteiger charge is -2.39. The van der Waals surface area contributed by atoms with Gasteiger partial charge < -0.3 is 24.2 Å². The van der Waals surface area contributed by atoms with Crippen LogP contribution in [0.2, 0.25) is 0 Å². The molecule has 1 aromatic carbocycles. The van der Waals surface area contributed by atoms with Gasteiger partial charge in [0.05, 0.1) is 27.8 Å². The minimum absolute atomic E-state index is 0.0249. The third kappa shape index (κ3) is 2.39. The molecule has 0 amide bonds. The Kier molecular flexibility index (Phi) is 4.46. The standard InChI is InChI=1S/C16H26NO4/c1-6-17(3)10(2)15(18)16(19)14(17)11-7-8-12(20-4)13(9-11)21-5/h7-10,14-16,18-19H,6H2,1-5H3/q+1/t10-,14-,15+,16+,17?/m0/s1. The van der Waals surface area contributed by atoms with Crippen molar-refractivity contribution in [2.24, 2.45) is 0 Å². The molecular formula is C16H26NO4+. The SMILES string of the molecule is CC[N+]1(C)[C@@H](C)[C@@H](O)[C@H](O)[C@@H]1c1ccc(OC)c(OC)c1. The first kappa shape index (κ1) is 16.1. The van der Waals surface area contributed by atoms with Crippen LogP contribution in [0.25, 0.3) is 0 Å². The number of aliphatic hydroxyl groups is 2. The Balaban J connectivity index is 2.48. The Bertz CT molecular complexity index is 507. The van der Waals surface area contributed by atoms with E-state index in [9.17, 15) is 10.2 Å². The first-order chi connectivity index (χ1) is 9.90. The summed E-state index contributed by atoms with van der Waals surface area (Å²) in [6.07, 6.45) is -1.52. The minimum Gasteiger partial charge on any atom is -0.493 e. The molecule has 118 valence electrons. The molecule has 0 spiro atoms. The number of benzene rings is 1. The minimum atomic E-state index is -0.789. The quantitative estimate of drug-likeness (QED) is 0.823. The van der Waals surface area contributed by atoms with E-state index in [1.165, 1.54) is 0 Å². The molecule has 1 fully saturated rings. The van der Waals surface area contributed by atoms with Crippen molar-refractivity contribution in [1.82, 2.24) is 0 Å². The highest BCUT2D eigenvalue weighted by Crippen LogP contribution is 2.44. The fraction of sp³-hybridized carbons (Fsp3) is 0.625. The van der Waals surface area contributed by atoms with Crippen molar-refractivity contribution in [2.45, 2.75) is 38.1 Å². The van der Waals surface area contributed by atoms with Crippen LogP contribution in [-0.4, -0.2) is 60.8 Å². The molecule has 5 nitrogen and oxygen atoms in total. The highest BCUT2D eigenvalue weighted by Gasteiger charge is 2.55. The van der Waals surface area contributed by atoms with Gasteiger partial charge in [-0.3, -0.25) is 0 Å². The second kappa shape index (κ2) is 5.83. The molecule has 1 heterocycles. The molecule has 21 heavy (non-hydrogen) atoms. The third-order valence-corrected chi connectivity index (χ3v) is 5.16. The van der Waals surface area contributed by atoms with Gasteiger partial charge in [0.2, 0.25) is 0 Å². The molecule has 1 aliphatic rings. The zero-order chi connectivity index (χ0) is 15.8. The van der Waals surface area contributed by atoms with Gasteiger partial charge in [-0.1, -0.05) is 0 Å². The number of nitrogens with zero attached hydrogens (tertiary/aromatic N) is 1. The summed E-state index contributed by atoms with van der Waals surface area (Å²) in [4.78, 5) is 0. The normalized spacial score (nSPS) is 35.8. The first-order valence-electron chi connectivity index (χ1n) is 7.33. The molecule has 0 saturated carbocycles. The molecule has 0 aromatic heterocycles. The summed E-state index contributed by atoms with van der Waals surface area (Å²) >= 11 is 0. The van der Waals surface area contributed by atoms with Crippen LogP contribution in [0, 0.1) is 0 Å². The Morgan fingerprint density at radius 1 is 1.10 bits per heavy atom. The zero-order valence-electron chi connectivity index (χ0n) is 13.4. The summed E-state index contributed by atoms with van der Waals surface area (Å²) < 4.78 is 11.2. The lowest BCUT2D eigenvalue weighted by Crippen LogP contribution is -2.50. The number of rotatable bonds is 4. The fourth-order valence-corrected chi connectivity index (χ4v) is 3.48. The molecule has 1 unspecified atom stereocenters. The van der Waals surface area contributed by atoms with Gasteiger partial charge in [0.1, 0.15) is 24.3 Å². The van der Waals surface area contributed by atoms with Crippen molar-refractivity contribution < 1.29 is 24.2 Å². The van der Waals surface area contributed by atoms with Crippen LogP contribution in [0.4, 0.5) is 0 Å². The number of likely N-dealkylation sites (tertiary alicyclic amines) is 1. The van der Waals surface area contributed by atoms with Gasteiger partial charge in [0.15, 0.2) is 11.5 Å². The van der Waals surface area contributed by atoms with Gasteiger partial charge in [-0.15, -0.1) is 0 Å².